The van der Waals surface area contributed by atoms with E-state index < -0.39 is 0 Å². The first-order chi connectivity index (χ1) is 6.97. The molecule has 0 radical (unpaired) electrons. The number of thiazole rings is 1. The van der Waals surface area contributed by atoms with Crippen LogP contribution in [0.3, 0.4) is 0 Å². The van der Waals surface area contributed by atoms with Crippen LogP contribution in [0.4, 0.5) is 0 Å². The van der Waals surface area contributed by atoms with Crippen molar-refractivity contribution in [3.05, 3.63) is 16.1 Å². The summed E-state index contributed by atoms with van der Waals surface area (Å²) in [6.07, 6.45) is 0. The second kappa shape index (κ2) is 5.58. The molecule has 86 valence electrons. The summed E-state index contributed by atoms with van der Waals surface area (Å²) in [6, 6.07) is 0. The van der Waals surface area contributed by atoms with Crippen LogP contribution in [0.1, 0.15) is 31.5 Å². The molecule has 0 unspecified atom stereocenters. The van der Waals surface area contributed by atoms with Crippen molar-refractivity contribution in [1.82, 2.24) is 15.6 Å². The van der Waals surface area contributed by atoms with Gasteiger partial charge < -0.3 is 10.6 Å². The van der Waals surface area contributed by atoms with Gasteiger partial charge >= 0.3 is 0 Å². The molecule has 3 nitrogen and oxygen atoms in total. The summed E-state index contributed by atoms with van der Waals surface area (Å²) >= 11 is 1.71. The van der Waals surface area contributed by atoms with Crippen LogP contribution in [-0.4, -0.2) is 23.6 Å². The maximum atomic E-state index is 4.39. The van der Waals surface area contributed by atoms with Gasteiger partial charge in [-0.3, -0.25) is 0 Å². The Balaban J connectivity index is 2.07. The van der Waals surface area contributed by atoms with Crippen LogP contribution >= 0.6 is 11.3 Å². The molecular weight excluding hydrogens is 206 g/mol. The molecule has 1 rings (SSSR count). The molecule has 0 saturated carbocycles. The fraction of sp³-hybridized carbons (Fsp3) is 0.727. The van der Waals surface area contributed by atoms with E-state index in [9.17, 15) is 0 Å². The van der Waals surface area contributed by atoms with Gasteiger partial charge in [-0.2, -0.15) is 0 Å². The first-order valence-corrected chi connectivity index (χ1v) is 6.22. The predicted octanol–water partition coefficient (Wildman–Crippen LogP) is 1.93. The summed E-state index contributed by atoms with van der Waals surface area (Å²) in [6.45, 7) is 11.4. The quantitative estimate of drug-likeness (QED) is 0.755. The summed E-state index contributed by atoms with van der Waals surface area (Å²) in [5.74, 6) is 0. The van der Waals surface area contributed by atoms with Crippen molar-refractivity contribution >= 4 is 11.3 Å². The zero-order valence-corrected chi connectivity index (χ0v) is 10.9. The molecule has 15 heavy (non-hydrogen) atoms. The highest BCUT2D eigenvalue weighted by molar-refractivity contribution is 7.09. The molecule has 0 amide bonds. The molecule has 0 spiro atoms. The maximum absolute atomic E-state index is 4.39. The van der Waals surface area contributed by atoms with Crippen molar-refractivity contribution < 1.29 is 0 Å². The first kappa shape index (κ1) is 12.6. The molecule has 1 aromatic rings. The Labute approximate surface area is 96.3 Å². The van der Waals surface area contributed by atoms with Gasteiger partial charge in [0.15, 0.2) is 0 Å². The van der Waals surface area contributed by atoms with Gasteiger partial charge in [-0.25, -0.2) is 4.98 Å². The normalized spacial score (nSPS) is 12.0. The third kappa shape index (κ3) is 5.87. The molecule has 0 aliphatic heterocycles. The summed E-state index contributed by atoms with van der Waals surface area (Å²) in [5, 5.41) is 10.1. The van der Waals surface area contributed by atoms with Gasteiger partial charge in [-0.15, -0.1) is 11.3 Å². The summed E-state index contributed by atoms with van der Waals surface area (Å²) in [4.78, 5) is 4.39. The first-order valence-electron chi connectivity index (χ1n) is 5.34. The van der Waals surface area contributed by atoms with E-state index in [2.05, 4.69) is 41.8 Å². The number of aryl methyl sites for hydroxylation is 1. The molecule has 0 atom stereocenters. The Morgan fingerprint density at radius 1 is 1.33 bits per heavy atom. The number of rotatable bonds is 5. The zero-order valence-electron chi connectivity index (χ0n) is 10.1. The average Bonchev–Trinajstić information content (AvgIpc) is 2.49. The van der Waals surface area contributed by atoms with Gasteiger partial charge in [0.05, 0.1) is 10.7 Å². The van der Waals surface area contributed by atoms with E-state index in [1.165, 1.54) is 0 Å². The van der Waals surface area contributed by atoms with E-state index in [1.807, 2.05) is 6.92 Å². The lowest BCUT2D eigenvalue weighted by atomic mass is 10.1. The number of nitrogens with zero attached hydrogens (tertiary/aromatic N) is 1. The van der Waals surface area contributed by atoms with E-state index in [0.29, 0.717) is 0 Å². The van der Waals surface area contributed by atoms with Crippen molar-refractivity contribution in [2.24, 2.45) is 0 Å². The van der Waals surface area contributed by atoms with Crippen LogP contribution in [0.25, 0.3) is 0 Å². The lowest BCUT2D eigenvalue weighted by Gasteiger charge is -2.20. The molecule has 4 heteroatoms. The molecule has 0 saturated heterocycles. The Hall–Kier alpha value is -0.450. The zero-order chi connectivity index (χ0) is 11.3. The minimum Gasteiger partial charge on any atom is -0.311 e. The van der Waals surface area contributed by atoms with E-state index in [4.69, 9.17) is 0 Å². The molecule has 1 aromatic heterocycles. The number of nitrogens with one attached hydrogen (secondary N) is 2. The molecule has 0 aromatic carbocycles. The van der Waals surface area contributed by atoms with Crippen molar-refractivity contribution in [3.63, 3.8) is 0 Å². The number of hydrogen-bond acceptors (Lipinski definition) is 4. The highest BCUT2D eigenvalue weighted by Gasteiger charge is 2.06. The van der Waals surface area contributed by atoms with Gasteiger partial charge in [-0.05, 0) is 27.7 Å². The summed E-state index contributed by atoms with van der Waals surface area (Å²) in [7, 11) is 0. The fourth-order valence-electron chi connectivity index (χ4n) is 1.23. The molecular formula is C11H21N3S. The highest BCUT2D eigenvalue weighted by Crippen LogP contribution is 2.06. The van der Waals surface area contributed by atoms with E-state index in [1.54, 1.807) is 11.3 Å². The van der Waals surface area contributed by atoms with Crippen molar-refractivity contribution in [2.45, 2.75) is 39.8 Å². The van der Waals surface area contributed by atoms with Gasteiger partial charge in [0, 0.05) is 30.6 Å². The Morgan fingerprint density at radius 2 is 2.07 bits per heavy atom. The lowest BCUT2D eigenvalue weighted by molar-refractivity contribution is 0.421. The number of hydrogen-bond donors (Lipinski definition) is 2. The predicted molar refractivity (Wildman–Crippen MR) is 66.3 cm³/mol. The highest BCUT2D eigenvalue weighted by atomic mass is 32.1. The summed E-state index contributed by atoms with van der Waals surface area (Å²) < 4.78 is 0. The monoisotopic (exact) mass is 227 g/mol. The Morgan fingerprint density at radius 3 is 2.60 bits per heavy atom. The average molecular weight is 227 g/mol. The van der Waals surface area contributed by atoms with E-state index in [0.717, 1.165) is 30.3 Å². The lowest BCUT2D eigenvalue weighted by Crippen LogP contribution is -2.40. The Bertz CT molecular complexity index is 288. The second-order valence-electron chi connectivity index (χ2n) is 4.71. The topological polar surface area (TPSA) is 37.0 Å². The smallest absolute Gasteiger partial charge is 0.0897 e. The van der Waals surface area contributed by atoms with E-state index >= 15 is 0 Å². The van der Waals surface area contributed by atoms with Gasteiger partial charge in [-0.1, -0.05) is 0 Å². The van der Waals surface area contributed by atoms with Crippen molar-refractivity contribution in [3.8, 4) is 0 Å². The second-order valence-corrected chi connectivity index (χ2v) is 5.77. The minimum absolute atomic E-state index is 0.207. The molecule has 0 bridgehead atoms. The number of aromatic nitrogens is 1. The SMILES string of the molecule is Cc1nc(CNCCNC(C)(C)C)cs1. The Kier molecular flexibility index (Phi) is 4.70. The van der Waals surface area contributed by atoms with Gasteiger partial charge in [0.25, 0.3) is 0 Å². The molecule has 0 fully saturated rings. The van der Waals surface area contributed by atoms with Crippen LogP contribution in [0.15, 0.2) is 5.38 Å². The fourth-order valence-corrected chi connectivity index (χ4v) is 1.84. The third-order valence-electron chi connectivity index (χ3n) is 1.93. The van der Waals surface area contributed by atoms with Crippen LogP contribution in [-0.2, 0) is 6.54 Å². The van der Waals surface area contributed by atoms with E-state index in [-0.39, 0.29) is 5.54 Å². The van der Waals surface area contributed by atoms with Crippen molar-refractivity contribution in [1.29, 1.82) is 0 Å². The minimum atomic E-state index is 0.207. The van der Waals surface area contributed by atoms with Crippen LogP contribution < -0.4 is 10.6 Å². The largest absolute Gasteiger partial charge is 0.311 e. The molecule has 0 aliphatic carbocycles. The van der Waals surface area contributed by atoms with Gasteiger partial charge in [0.2, 0.25) is 0 Å². The van der Waals surface area contributed by atoms with Crippen LogP contribution in [0.2, 0.25) is 0 Å². The van der Waals surface area contributed by atoms with Crippen LogP contribution in [0, 0.1) is 6.92 Å². The van der Waals surface area contributed by atoms with Crippen molar-refractivity contribution in [2.75, 3.05) is 13.1 Å². The summed E-state index contributed by atoms with van der Waals surface area (Å²) in [5.41, 5.74) is 1.35. The molecule has 0 aliphatic rings. The molecule has 2 N–H and O–H groups in total. The van der Waals surface area contributed by atoms with Crippen LogP contribution in [0.5, 0.6) is 0 Å². The maximum Gasteiger partial charge on any atom is 0.0897 e. The standard InChI is InChI=1S/C11H21N3S/c1-9-14-10(8-15-9)7-12-5-6-13-11(2,3)4/h8,12-13H,5-7H2,1-4H3. The van der Waals surface area contributed by atoms with Gasteiger partial charge in [0.1, 0.15) is 0 Å². The third-order valence-corrected chi connectivity index (χ3v) is 2.75. The molecule has 1 heterocycles.